The molecule has 0 saturated carbocycles. The van der Waals surface area contributed by atoms with Crippen molar-refractivity contribution >= 4 is 19.6 Å². The Balaban J connectivity index is 4.70. The summed E-state index contributed by atoms with van der Waals surface area (Å²) in [6, 6.07) is 0. The van der Waals surface area contributed by atoms with Crippen LogP contribution in [0.1, 0.15) is 194 Å². The van der Waals surface area contributed by atoms with E-state index in [2.05, 4.69) is 26.0 Å². The Labute approximate surface area is 320 Å². The van der Waals surface area contributed by atoms with Gasteiger partial charge in [0.05, 0.1) is 27.7 Å². The second kappa shape index (κ2) is 34.4. The summed E-state index contributed by atoms with van der Waals surface area (Å²) < 4.78 is 28.8. The zero-order valence-corrected chi connectivity index (χ0v) is 35.3. The minimum atomic E-state index is -4.87. The number of aliphatic hydroxyl groups excluding tert-OH is 1. The number of quaternary nitrogens is 1. The van der Waals surface area contributed by atoms with Crippen molar-refractivity contribution in [3.05, 3.63) is 12.2 Å². The van der Waals surface area contributed by atoms with Crippen LogP contribution in [-0.2, 0) is 27.9 Å². The number of carbonyl (C=O) groups excluding carboxylic acids is 2. The number of allylic oxidation sites excluding steroid dienone is 2. The van der Waals surface area contributed by atoms with E-state index in [0.717, 1.165) is 57.8 Å². The van der Waals surface area contributed by atoms with Crippen molar-refractivity contribution in [3.63, 3.8) is 0 Å². The number of ether oxygens (including phenoxy) is 1. The summed E-state index contributed by atoms with van der Waals surface area (Å²) in [5, 5.41) is 10.1. The molecule has 0 heterocycles. The first-order valence-corrected chi connectivity index (χ1v) is 22.8. The van der Waals surface area contributed by atoms with Gasteiger partial charge in [0.25, 0.3) is 7.82 Å². The number of aliphatic hydroxyl groups is 1. The molecule has 0 aromatic rings. The van der Waals surface area contributed by atoms with Gasteiger partial charge >= 0.3 is 5.97 Å². The van der Waals surface area contributed by atoms with Crippen LogP contribution >= 0.6 is 7.82 Å². The molecule has 0 aromatic heterocycles. The number of rotatable bonds is 39. The summed E-state index contributed by atoms with van der Waals surface area (Å²) in [6.45, 7) is 3.97. The second-order valence-electron chi connectivity index (χ2n) is 15.8. The average Bonchev–Trinajstić information content (AvgIpc) is 3.09. The van der Waals surface area contributed by atoms with Crippen LogP contribution < -0.4 is 4.89 Å². The molecule has 0 aliphatic carbocycles. The zero-order valence-electron chi connectivity index (χ0n) is 34.4. The molecule has 10 heteroatoms. The highest BCUT2D eigenvalue weighted by Gasteiger charge is 2.35. The maximum atomic E-state index is 13.3. The Bertz CT molecular complexity index is 922. The van der Waals surface area contributed by atoms with Gasteiger partial charge in [-0.1, -0.05) is 154 Å². The molecule has 0 spiro atoms. The van der Waals surface area contributed by atoms with Crippen LogP contribution in [0.2, 0.25) is 0 Å². The molecule has 9 nitrogen and oxygen atoms in total. The molecule has 0 saturated heterocycles. The Hall–Kier alpha value is -1.09. The summed E-state index contributed by atoms with van der Waals surface area (Å²) in [6.07, 6.45) is 31.8. The van der Waals surface area contributed by atoms with Gasteiger partial charge in [-0.3, -0.25) is 14.2 Å². The smallest absolute Gasteiger partial charge is 0.306 e. The quantitative estimate of drug-likeness (QED) is 0.0216. The Morgan fingerprint density at radius 3 is 1.48 bits per heavy atom. The average molecular weight is 760 g/mol. The van der Waals surface area contributed by atoms with Crippen molar-refractivity contribution in [3.8, 4) is 0 Å². The molecule has 52 heavy (non-hydrogen) atoms. The molecule has 0 aliphatic rings. The molecule has 2 unspecified atom stereocenters. The molecule has 0 radical (unpaired) electrons. The molecule has 0 aromatic carbocycles. The van der Waals surface area contributed by atoms with E-state index < -0.39 is 38.4 Å². The van der Waals surface area contributed by atoms with Gasteiger partial charge in [0, 0.05) is 12.8 Å². The van der Waals surface area contributed by atoms with Crippen molar-refractivity contribution < 1.29 is 42.4 Å². The normalized spacial score (nSPS) is 14.4. The molecule has 0 fully saturated rings. The van der Waals surface area contributed by atoms with E-state index in [1.807, 2.05) is 21.1 Å². The van der Waals surface area contributed by atoms with Crippen LogP contribution in [-0.4, -0.2) is 74.5 Å². The largest absolute Gasteiger partial charge is 0.756 e. The predicted octanol–water partition coefficient (Wildman–Crippen LogP) is 10.6. The molecular weight excluding hydrogens is 677 g/mol. The minimum absolute atomic E-state index is 0.116. The van der Waals surface area contributed by atoms with Crippen LogP contribution in [0, 0.1) is 0 Å². The van der Waals surface area contributed by atoms with Crippen molar-refractivity contribution in [1.29, 1.82) is 0 Å². The van der Waals surface area contributed by atoms with Gasteiger partial charge in [0.15, 0.2) is 11.9 Å². The summed E-state index contributed by atoms with van der Waals surface area (Å²) in [5.41, 5.74) is 0. The van der Waals surface area contributed by atoms with Gasteiger partial charge in [-0.2, -0.15) is 0 Å². The monoisotopic (exact) mass is 760 g/mol. The van der Waals surface area contributed by atoms with E-state index in [9.17, 15) is 24.2 Å². The lowest BCUT2D eigenvalue weighted by molar-refractivity contribution is -0.870. The number of hydrogen-bond donors (Lipinski definition) is 1. The molecule has 0 aliphatic heterocycles. The van der Waals surface area contributed by atoms with Gasteiger partial charge in [-0.25, -0.2) is 0 Å². The topological polar surface area (TPSA) is 122 Å². The number of likely N-dealkylation sites (N-methyl/N-ethyl adjacent to an activating group) is 1. The van der Waals surface area contributed by atoms with Gasteiger partial charge < -0.3 is 28.3 Å². The number of ketones is 1. The number of esters is 1. The third kappa shape index (κ3) is 33.5. The lowest BCUT2D eigenvalue weighted by Crippen LogP contribution is -2.43. The van der Waals surface area contributed by atoms with Crippen molar-refractivity contribution in [1.82, 2.24) is 0 Å². The van der Waals surface area contributed by atoms with Gasteiger partial charge in [-0.15, -0.1) is 0 Å². The number of nitrogens with zero attached hydrogens (tertiary/aromatic N) is 1. The summed E-state index contributed by atoms with van der Waals surface area (Å²) in [7, 11) is 0.830. The molecule has 0 bridgehead atoms. The Morgan fingerprint density at radius 1 is 0.654 bits per heavy atom. The minimum Gasteiger partial charge on any atom is -0.756 e. The van der Waals surface area contributed by atoms with Crippen molar-refractivity contribution in [2.45, 2.75) is 206 Å². The highest BCUT2D eigenvalue weighted by molar-refractivity contribution is 7.45. The fourth-order valence-corrected chi connectivity index (χ4v) is 7.03. The first-order valence-electron chi connectivity index (χ1n) is 21.4. The van der Waals surface area contributed by atoms with Gasteiger partial charge in [0.1, 0.15) is 19.3 Å². The van der Waals surface area contributed by atoms with Crippen molar-refractivity contribution in [2.75, 3.05) is 40.9 Å². The predicted molar refractivity (Wildman–Crippen MR) is 213 cm³/mol. The van der Waals surface area contributed by atoms with Crippen molar-refractivity contribution in [2.24, 2.45) is 0 Å². The third-order valence-electron chi connectivity index (χ3n) is 9.54. The highest BCUT2D eigenvalue weighted by Crippen LogP contribution is 2.41. The lowest BCUT2D eigenvalue weighted by atomic mass is 10.0. The number of unbranched alkanes of at least 4 members (excludes halogenated alkanes) is 23. The number of hydrogen-bond acceptors (Lipinski definition) is 8. The van der Waals surface area contributed by atoms with E-state index in [-0.39, 0.29) is 19.4 Å². The van der Waals surface area contributed by atoms with E-state index in [1.54, 1.807) is 0 Å². The van der Waals surface area contributed by atoms with Crippen LogP contribution in [0.3, 0.4) is 0 Å². The summed E-state index contributed by atoms with van der Waals surface area (Å²) >= 11 is 0. The fraction of sp³-hybridized carbons (Fsp3) is 0.905. The van der Waals surface area contributed by atoms with Gasteiger partial charge in [0.2, 0.25) is 0 Å². The molecular formula is C42H82NO8P. The zero-order chi connectivity index (χ0) is 38.8. The van der Waals surface area contributed by atoms with E-state index in [1.165, 1.54) is 96.3 Å². The van der Waals surface area contributed by atoms with E-state index in [4.69, 9.17) is 13.8 Å². The standard InChI is InChI=1S/C42H82NO8P/c1-6-8-10-12-14-16-18-20-21-23-25-27-29-31-33-35-41(46)50-42(40(38-44)51-52(47,48)49-37-36-43(3,4)5)39(45)34-32-30-28-26-24-22-19-17-15-13-11-9-7-2/h20-21,40,42,44H,6-19,22-38H2,1-5H3/b21-20-/t40-,42?/m0/s1. The Kier molecular flexibility index (Phi) is 33.7. The second-order valence-corrected chi connectivity index (χ2v) is 17.2. The SMILES string of the molecule is CCCCCCCC/C=C\CCCCCCCC(=O)OC(C(=O)CCCCCCCCCCCCCCC)[C@H](CO)OP(=O)([O-])OCC[N+](C)(C)C. The first kappa shape index (κ1) is 50.9. The summed E-state index contributed by atoms with van der Waals surface area (Å²) in [4.78, 5) is 38.8. The maximum Gasteiger partial charge on any atom is 0.306 e. The van der Waals surface area contributed by atoms with E-state index >= 15 is 0 Å². The van der Waals surface area contributed by atoms with Crippen LogP contribution in [0.25, 0.3) is 0 Å². The molecule has 1 N–H and O–H groups in total. The van der Waals surface area contributed by atoms with E-state index in [0.29, 0.717) is 23.9 Å². The van der Waals surface area contributed by atoms with Gasteiger partial charge in [-0.05, 0) is 38.5 Å². The third-order valence-corrected chi connectivity index (χ3v) is 10.6. The van der Waals surface area contributed by atoms with Crippen LogP contribution in [0.4, 0.5) is 0 Å². The summed E-state index contributed by atoms with van der Waals surface area (Å²) in [5.74, 6) is -1.03. The number of Topliss-reactive ketones (excluding diaryl/α,β-unsaturated/α-hetero) is 1. The fourth-order valence-electron chi connectivity index (χ4n) is 6.16. The van der Waals surface area contributed by atoms with Crippen LogP contribution in [0.15, 0.2) is 12.2 Å². The molecule has 3 atom stereocenters. The first-order chi connectivity index (χ1) is 25.0. The molecule has 0 amide bonds. The highest BCUT2D eigenvalue weighted by atomic mass is 31.2. The number of phosphoric ester groups is 1. The van der Waals surface area contributed by atoms with Crippen LogP contribution in [0.5, 0.6) is 0 Å². The molecule has 0 rings (SSSR count). The Morgan fingerprint density at radius 2 is 1.06 bits per heavy atom. The maximum absolute atomic E-state index is 13.3. The number of carbonyl (C=O) groups is 2. The lowest BCUT2D eigenvalue weighted by Gasteiger charge is -2.32. The number of phosphoric acid groups is 1. The molecule has 308 valence electrons.